The van der Waals surface area contributed by atoms with E-state index in [-0.39, 0.29) is 23.5 Å². The smallest absolute Gasteiger partial charge is 0.223 e. The van der Waals surface area contributed by atoms with Gasteiger partial charge in [0.1, 0.15) is 17.3 Å². The number of carbonyl (C=O) groups is 2. The Hall–Kier alpha value is -3.67. The molecule has 0 aliphatic carbocycles. The van der Waals surface area contributed by atoms with Crippen LogP contribution in [-0.4, -0.2) is 29.8 Å². The number of piperidine rings is 1. The summed E-state index contributed by atoms with van der Waals surface area (Å²) in [6, 6.07) is 23.3. The second-order valence-electron chi connectivity index (χ2n) is 8.56. The molecular formula is C28H29FN2O3. The van der Waals surface area contributed by atoms with E-state index in [4.69, 9.17) is 4.74 Å². The van der Waals surface area contributed by atoms with Gasteiger partial charge in [0.05, 0.1) is 0 Å². The molecule has 3 aromatic rings. The molecule has 0 bridgehead atoms. The monoisotopic (exact) mass is 460 g/mol. The predicted molar refractivity (Wildman–Crippen MR) is 129 cm³/mol. The summed E-state index contributed by atoms with van der Waals surface area (Å²) in [6.07, 6.45) is 2.62. The molecule has 1 saturated heterocycles. The van der Waals surface area contributed by atoms with Crippen molar-refractivity contribution in [2.75, 3.05) is 13.1 Å². The molecule has 2 amide bonds. The topological polar surface area (TPSA) is 58.6 Å². The number of likely N-dealkylation sites (tertiary alicyclic amines) is 1. The minimum atomic E-state index is -0.307. The van der Waals surface area contributed by atoms with E-state index in [2.05, 4.69) is 5.32 Å². The fourth-order valence-corrected chi connectivity index (χ4v) is 4.09. The molecule has 5 nitrogen and oxygen atoms in total. The number of ether oxygens (including phenoxy) is 1. The van der Waals surface area contributed by atoms with E-state index in [0.29, 0.717) is 50.4 Å². The van der Waals surface area contributed by atoms with E-state index in [0.717, 1.165) is 12.0 Å². The number of hydrogen-bond acceptors (Lipinski definition) is 3. The molecule has 176 valence electrons. The third-order valence-electron chi connectivity index (χ3n) is 6.13. The van der Waals surface area contributed by atoms with Crippen molar-refractivity contribution in [3.63, 3.8) is 0 Å². The van der Waals surface area contributed by atoms with Gasteiger partial charge in [0, 0.05) is 32.0 Å². The number of carbonyl (C=O) groups excluding carboxylic acids is 2. The fraction of sp³-hybridized carbons (Fsp3) is 0.286. The van der Waals surface area contributed by atoms with E-state index in [1.807, 2.05) is 59.5 Å². The van der Waals surface area contributed by atoms with Gasteiger partial charge in [-0.3, -0.25) is 9.59 Å². The second-order valence-corrected chi connectivity index (χ2v) is 8.56. The Morgan fingerprint density at radius 3 is 2.12 bits per heavy atom. The van der Waals surface area contributed by atoms with Gasteiger partial charge in [0.25, 0.3) is 0 Å². The maximum absolute atomic E-state index is 13.0. The largest absolute Gasteiger partial charge is 0.457 e. The van der Waals surface area contributed by atoms with Gasteiger partial charge in [-0.25, -0.2) is 4.39 Å². The summed E-state index contributed by atoms with van der Waals surface area (Å²) in [5.74, 6) is 1.02. The summed E-state index contributed by atoms with van der Waals surface area (Å²) >= 11 is 0. The van der Waals surface area contributed by atoms with Gasteiger partial charge in [0.15, 0.2) is 0 Å². The van der Waals surface area contributed by atoms with Gasteiger partial charge in [-0.15, -0.1) is 0 Å². The first kappa shape index (κ1) is 23.5. The Balaban J connectivity index is 1.17. The van der Waals surface area contributed by atoms with Crippen molar-refractivity contribution in [1.82, 2.24) is 10.2 Å². The molecule has 1 N–H and O–H groups in total. The Bertz CT molecular complexity index is 1080. The standard InChI is InChI=1S/C28H29FN2O3/c29-24-9-13-26(14-10-24)34-25-11-6-22(7-12-25)20-30-28(33)23-16-18-31(19-17-23)27(32)15-8-21-4-2-1-3-5-21/h1-7,9-14,23H,8,15-20H2,(H,30,33). The summed E-state index contributed by atoms with van der Waals surface area (Å²) in [6.45, 7) is 1.69. The van der Waals surface area contributed by atoms with Crippen LogP contribution >= 0.6 is 0 Å². The zero-order valence-electron chi connectivity index (χ0n) is 19.1. The maximum atomic E-state index is 13.0. The Kier molecular flexibility index (Phi) is 7.91. The van der Waals surface area contributed by atoms with Crippen LogP contribution in [0.5, 0.6) is 11.5 Å². The summed E-state index contributed by atoms with van der Waals surface area (Å²) < 4.78 is 18.7. The normalized spacial score (nSPS) is 14.0. The van der Waals surface area contributed by atoms with Crippen LogP contribution in [0.3, 0.4) is 0 Å². The molecule has 0 atom stereocenters. The van der Waals surface area contributed by atoms with Crippen LogP contribution < -0.4 is 10.1 Å². The highest BCUT2D eigenvalue weighted by Crippen LogP contribution is 2.22. The van der Waals surface area contributed by atoms with Gasteiger partial charge >= 0.3 is 0 Å². The van der Waals surface area contributed by atoms with Crippen molar-refractivity contribution < 1.29 is 18.7 Å². The van der Waals surface area contributed by atoms with Crippen molar-refractivity contribution in [3.8, 4) is 11.5 Å². The number of nitrogens with one attached hydrogen (secondary N) is 1. The van der Waals surface area contributed by atoms with Crippen LogP contribution in [0.4, 0.5) is 4.39 Å². The zero-order valence-corrected chi connectivity index (χ0v) is 19.1. The third-order valence-corrected chi connectivity index (χ3v) is 6.13. The molecule has 0 saturated carbocycles. The van der Waals surface area contributed by atoms with Crippen LogP contribution in [0.2, 0.25) is 0 Å². The highest BCUT2D eigenvalue weighted by molar-refractivity contribution is 5.80. The van der Waals surface area contributed by atoms with Gasteiger partial charge in [-0.1, -0.05) is 42.5 Å². The number of aryl methyl sites for hydroxylation is 1. The van der Waals surface area contributed by atoms with Crippen LogP contribution in [0.25, 0.3) is 0 Å². The highest BCUT2D eigenvalue weighted by atomic mass is 19.1. The lowest BCUT2D eigenvalue weighted by Gasteiger charge is -2.31. The maximum Gasteiger partial charge on any atom is 0.223 e. The zero-order chi connectivity index (χ0) is 23.8. The van der Waals surface area contributed by atoms with Gasteiger partial charge in [-0.05, 0) is 66.8 Å². The minimum absolute atomic E-state index is 0.0306. The molecule has 3 aromatic carbocycles. The molecule has 0 unspecified atom stereocenters. The first-order valence-corrected chi connectivity index (χ1v) is 11.7. The van der Waals surface area contributed by atoms with Crippen molar-refractivity contribution in [3.05, 3.63) is 95.8 Å². The van der Waals surface area contributed by atoms with Crippen LogP contribution in [-0.2, 0) is 22.6 Å². The molecule has 0 radical (unpaired) electrons. The summed E-state index contributed by atoms with van der Waals surface area (Å²) in [7, 11) is 0. The molecule has 1 heterocycles. The number of rotatable bonds is 8. The average Bonchev–Trinajstić information content (AvgIpc) is 2.89. The summed E-state index contributed by atoms with van der Waals surface area (Å²) in [4.78, 5) is 27.0. The lowest BCUT2D eigenvalue weighted by Crippen LogP contribution is -2.43. The van der Waals surface area contributed by atoms with Gasteiger partial charge in [0.2, 0.25) is 11.8 Å². The molecule has 6 heteroatoms. The summed E-state index contributed by atoms with van der Waals surface area (Å²) in [5.41, 5.74) is 2.13. The van der Waals surface area contributed by atoms with E-state index in [1.165, 1.54) is 17.7 Å². The van der Waals surface area contributed by atoms with E-state index in [1.54, 1.807) is 12.1 Å². The quantitative estimate of drug-likeness (QED) is 0.509. The number of amides is 2. The van der Waals surface area contributed by atoms with E-state index >= 15 is 0 Å². The molecule has 34 heavy (non-hydrogen) atoms. The van der Waals surface area contributed by atoms with Crippen LogP contribution in [0.1, 0.15) is 30.4 Å². The van der Waals surface area contributed by atoms with Crippen LogP contribution in [0.15, 0.2) is 78.9 Å². The summed E-state index contributed by atoms with van der Waals surface area (Å²) in [5, 5.41) is 3.01. The van der Waals surface area contributed by atoms with Crippen molar-refractivity contribution in [2.45, 2.75) is 32.2 Å². The molecule has 0 aromatic heterocycles. The highest BCUT2D eigenvalue weighted by Gasteiger charge is 2.27. The van der Waals surface area contributed by atoms with Crippen molar-refractivity contribution in [1.29, 1.82) is 0 Å². The first-order valence-electron chi connectivity index (χ1n) is 11.7. The molecule has 1 aliphatic heterocycles. The Labute approximate surface area is 199 Å². The SMILES string of the molecule is O=C(NCc1ccc(Oc2ccc(F)cc2)cc1)C1CCN(C(=O)CCc2ccccc2)CC1. The Morgan fingerprint density at radius 2 is 1.47 bits per heavy atom. The van der Waals surface area contributed by atoms with Crippen molar-refractivity contribution >= 4 is 11.8 Å². The average molecular weight is 461 g/mol. The fourth-order valence-electron chi connectivity index (χ4n) is 4.09. The minimum Gasteiger partial charge on any atom is -0.457 e. The molecule has 1 fully saturated rings. The Morgan fingerprint density at radius 1 is 0.853 bits per heavy atom. The lowest BCUT2D eigenvalue weighted by atomic mass is 9.95. The number of nitrogens with zero attached hydrogens (tertiary/aromatic N) is 1. The lowest BCUT2D eigenvalue weighted by molar-refractivity contribution is -0.135. The van der Waals surface area contributed by atoms with Crippen molar-refractivity contribution in [2.24, 2.45) is 5.92 Å². The molecule has 0 spiro atoms. The van der Waals surface area contributed by atoms with Gasteiger partial charge in [-0.2, -0.15) is 0 Å². The van der Waals surface area contributed by atoms with E-state index in [9.17, 15) is 14.0 Å². The molecule has 1 aliphatic rings. The number of hydrogen-bond donors (Lipinski definition) is 1. The molecular weight excluding hydrogens is 431 g/mol. The van der Waals surface area contributed by atoms with Gasteiger partial charge < -0.3 is 15.0 Å². The predicted octanol–water partition coefficient (Wildman–Crippen LogP) is 5.11. The second kappa shape index (κ2) is 11.5. The first-order chi connectivity index (χ1) is 16.6. The number of halogens is 1. The number of benzene rings is 3. The van der Waals surface area contributed by atoms with E-state index < -0.39 is 0 Å². The third kappa shape index (κ3) is 6.67. The van der Waals surface area contributed by atoms with Crippen LogP contribution in [0, 0.1) is 11.7 Å². The molecule has 4 rings (SSSR count).